The van der Waals surface area contributed by atoms with Crippen LogP contribution in [0.5, 0.6) is 5.75 Å². The van der Waals surface area contributed by atoms with E-state index in [1.54, 1.807) is 29.2 Å². The molecule has 2 rings (SSSR count). The minimum absolute atomic E-state index is 0.0467. The Morgan fingerprint density at radius 3 is 2.90 bits per heavy atom. The molecule has 114 valence electrons. The number of ether oxygens (including phenoxy) is 1. The van der Waals surface area contributed by atoms with Crippen LogP contribution in [-0.2, 0) is 0 Å². The number of hydrogen-bond donors (Lipinski definition) is 0. The Morgan fingerprint density at radius 2 is 2.19 bits per heavy atom. The molecule has 0 spiro atoms. The average Bonchev–Trinajstić information content (AvgIpc) is 2.47. The van der Waals surface area contributed by atoms with E-state index in [1.165, 1.54) is 0 Å². The molecule has 0 aromatic heterocycles. The van der Waals surface area contributed by atoms with Gasteiger partial charge in [0.15, 0.2) is 0 Å². The summed E-state index contributed by atoms with van der Waals surface area (Å²) in [5, 5.41) is 8.78. The van der Waals surface area contributed by atoms with Crippen molar-refractivity contribution in [3.63, 3.8) is 0 Å². The number of alkyl halides is 3. The van der Waals surface area contributed by atoms with Crippen LogP contribution in [0.3, 0.4) is 0 Å². The van der Waals surface area contributed by atoms with E-state index in [2.05, 4.69) is 0 Å². The maximum atomic E-state index is 12.7. The summed E-state index contributed by atoms with van der Waals surface area (Å²) in [6.07, 6.45) is -3.33. The molecule has 0 N–H and O–H groups in total. The Kier molecular flexibility index (Phi) is 5.07. The second-order valence-corrected chi connectivity index (χ2v) is 5.17. The molecule has 1 aliphatic heterocycles. The number of rotatable bonds is 4. The van der Waals surface area contributed by atoms with Gasteiger partial charge in [0.25, 0.3) is 0 Å². The normalized spacial score (nSPS) is 20.0. The van der Waals surface area contributed by atoms with E-state index in [1.807, 2.05) is 6.07 Å². The van der Waals surface area contributed by atoms with Gasteiger partial charge in [-0.25, -0.2) is 0 Å². The van der Waals surface area contributed by atoms with E-state index >= 15 is 0 Å². The number of nitrogens with zero attached hydrogens (tertiary/aromatic N) is 2. The van der Waals surface area contributed by atoms with E-state index in [-0.39, 0.29) is 13.0 Å². The standard InChI is InChI=1S/C15H17F3N2O/c16-15(17,18)13-4-2-6-20(11-13)7-8-21-14-5-1-3-12(9-14)10-19/h1,3,5,9,13H,2,4,6-8,11H2. The molecule has 0 radical (unpaired) electrons. The fourth-order valence-electron chi connectivity index (χ4n) is 2.47. The predicted molar refractivity (Wildman–Crippen MR) is 71.9 cm³/mol. The molecule has 6 heteroatoms. The molecule has 1 saturated heterocycles. The van der Waals surface area contributed by atoms with Crippen molar-refractivity contribution < 1.29 is 17.9 Å². The van der Waals surface area contributed by atoms with Crippen molar-refractivity contribution in [2.45, 2.75) is 19.0 Å². The summed E-state index contributed by atoms with van der Waals surface area (Å²) in [6, 6.07) is 8.75. The summed E-state index contributed by atoms with van der Waals surface area (Å²) in [7, 11) is 0. The third kappa shape index (κ3) is 4.64. The van der Waals surface area contributed by atoms with E-state index in [4.69, 9.17) is 10.00 Å². The highest BCUT2D eigenvalue weighted by atomic mass is 19.4. The predicted octanol–water partition coefficient (Wildman–Crippen LogP) is 3.21. The molecule has 1 aromatic carbocycles. The van der Waals surface area contributed by atoms with Crippen molar-refractivity contribution in [1.82, 2.24) is 4.90 Å². The van der Waals surface area contributed by atoms with Gasteiger partial charge < -0.3 is 4.74 Å². The topological polar surface area (TPSA) is 36.3 Å². The molecule has 3 nitrogen and oxygen atoms in total. The van der Waals surface area contributed by atoms with Crippen molar-refractivity contribution >= 4 is 0 Å². The first-order chi connectivity index (χ1) is 9.99. The van der Waals surface area contributed by atoms with E-state index < -0.39 is 12.1 Å². The fourth-order valence-corrected chi connectivity index (χ4v) is 2.47. The van der Waals surface area contributed by atoms with Gasteiger partial charge in [-0.1, -0.05) is 6.07 Å². The molecule has 1 aliphatic rings. The number of halogens is 3. The molecule has 0 saturated carbocycles. The Bertz CT molecular complexity index is 510. The second kappa shape index (κ2) is 6.81. The van der Waals surface area contributed by atoms with Crippen molar-refractivity contribution in [3.05, 3.63) is 29.8 Å². The lowest BCUT2D eigenvalue weighted by atomic mass is 9.98. The van der Waals surface area contributed by atoms with Crippen molar-refractivity contribution in [3.8, 4) is 11.8 Å². The largest absolute Gasteiger partial charge is 0.492 e. The van der Waals surface area contributed by atoms with Gasteiger partial charge in [-0.05, 0) is 37.6 Å². The SMILES string of the molecule is N#Cc1cccc(OCCN2CCCC(C(F)(F)F)C2)c1. The van der Waals surface area contributed by atoms with E-state index in [0.717, 1.165) is 0 Å². The van der Waals surface area contributed by atoms with Crippen LogP contribution in [0.2, 0.25) is 0 Å². The maximum absolute atomic E-state index is 12.7. The molecule has 21 heavy (non-hydrogen) atoms. The number of likely N-dealkylation sites (tertiary alicyclic amines) is 1. The molecular formula is C15H17F3N2O. The molecule has 1 unspecified atom stereocenters. The van der Waals surface area contributed by atoms with Crippen LogP contribution in [0.4, 0.5) is 13.2 Å². The second-order valence-electron chi connectivity index (χ2n) is 5.17. The van der Waals surface area contributed by atoms with Crippen LogP contribution in [-0.4, -0.2) is 37.3 Å². The Balaban J connectivity index is 1.79. The highest BCUT2D eigenvalue weighted by Gasteiger charge is 2.41. The fraction of sp³-hybridized carbons (Fsp3) is 0.533. The lowest BCUT2D eigenvalue weighted by molar-refractivity contribution is -0.186. The first-order valence-electron chi connectivity index (χ1n) is 6.91. The van der Waals surface area contributed by atoms with Crippen LogP contribution < -0.4 is 4.74 Å². The van der Waals surface area contributed by atoms with Gasteiger partial charge in [-0.2, -0.15) is 18.4 Å². The zero-order valence-corrected chi connectivity index (χ0v) is 11.6. The maximum Gasteiger partial charge on any atom is 0.393 e. The molecule has 1 heterocycles. The summed E-state index contributed by atoms with van der Waals surface area (Å²) in [5.74, 6) is -0.661. The van der Waals surface area contributed by atoms with Gasteiger partial charge in [0.05, 0.1) is 17.6 Å². The monoisotopic (exact) mass is 298 g/mol. The third-order valence-electron chi connectivity index (χ3n) is 3.61. The van der Waals surface area contributed by atoms with Gasteiger partial charge in [0, 0.05) is 13.1 Å². The smallest absolute Gasteiger partial charge is 0.393 e. The minimum Gasteiger partial charge on any atom is -0.492 e. The summed E-state index contributed by atoms with van der Waals surface area (Å²) in [4.78, 5) is 1.79. The third-order valence-corrected chi connectivity index (χ3v) is 3.61. The van der Waals surface area contributed by atoms with Crippen LogP contribution in [0.1, 0.15) is 18.4 Å². The van der Waals surface area contributed by atoms with Crippen LogP contribution in [0, 0.1) is 17.2 Å². The van der Waals surface area contributed by atoms with E-state index in [0.29, 0.717) is 37.4 Å². The molecule has 0 amide bonds. The summed E-state index contributed by atoms with van der Waals surface area (Å²) in [5.41, 5.74) is 0.502. The van der Waals surface area contributed by atoms with Gasteiger partial charge >= 0.3 is 6.18 Å². The van der Waals surface area contributed by atoms with Gasteiger partial charge in [-0.3, -0.25) is 4.90 Å². The molecule has 1 fully saturated rings. The minimum atomic E-state index is -4.11. The lowest BCUT2D eigenvalue weighted by Gasteiger charge is -2.33. The first kappa shape index (κ1) is 15.6. The summed E-state index contributed by atoms with van der Waals surface area (Å²) >= 11 is 0. The van der Waals surface area contributed by atoms with Crippen molar-refractivity contribution in [1.29, 1.82) is 5.26 Å². The molecule has 0 aliphatic carbocycles. The highest BCUT2D eigenvalue weighted by molar-refractivity contribution is 5.36. The highest BCUT2D eigenvalue weighted by Crippen LogP contribution is 2.32. The number of benzene rings is 1. The van der Waals surface area contributed by atoms with Gasteiger partial charge in [0.1, 0.15) is 12.4 Å². The van der Waals surface area contributed by atoms with Crippen molar-refractivity contribution in [2.24, 2.45) is 5.92 Å². The molecule has 0 bridgehead atoms. The first-order valence-corrected chi connectivity index (χ1v) is 6.91. The average molecular weight is 298 g/mol. The molecule has 1 atom stereocenters. The Morgan fingerprint density at radius 1 is 1.38 bits per heavy atom. The number of piperidine rings is 1. The van der Waals surface area contributed by atoms with Gasteiger partial charge in [-0.15, -0.1) is 0 Å². The summed E-state index contributed by atoms with van der Waals surface area (Å²) in [6.45, 7) is 1.50. The zero-order valence-electron chi connectivity index (χ0n) is 11.6. The number of nitriles is 1. The quantitative estimate of drug-likeness (QED) is 0.856. The summed E-state index contributed by atoms with van der Waals surface area (Å²) < 4.78 is 43.6. The molecular weight excluding hydrogens is 281 g/mol. The van der Waals surface area contributed by atoms with Gasteiger partial charge in [0.2, 0.25) is 0 Å². The Hall–Kier alpha value is -1.74. The van der Waals surface area contributed by atoms with Crippen LogP contribution in [0.25, 0.3) is 0 Å². The molecule has 1 aromatic rings. The van der Waals surface area contributed by atoms with E-state index in [9.17, 15) is 13.2 Å². The lowest BCUT2D eigenvalue weighted by Crippen LogP contribution is -2.43. The van der Waals surface area contributed by atoms with Crippen molar-refractivity contribution in [2.75, 3.05) is 26.2 Å². The number of hydrogen-bond acceptors (Lipinski definition) is 3. The van der Waals surface area contributed by atoms with Crippen LogP contribution >= 0.6 is 0 Å². The Labute approximate surface area is 121 Å². The zero-order chi connectivity index (χ0) is 15.3. The van der Waals surface area contributed by atoms with Crippen LogP contribution in [0.15, 0.2) is 24.3 Å².